The van der Waals surface area contributed by atoms with Crippen molar-refractivity contribution in [2.45, 2.75) is 37.3 Å². The van der Waals surface area contributed by atoms with Gasteiger partial charge < -0.3 is 10.3 Å². The molecule has 14 heavy (non-hydrogen) atoms. The van der Waals surface area contributed by atoms with Gasteiger partial charge in [-0.3, -0.25) is 4.79 Å². The van der Waals surface area contributed by atoms with Gasteiger partial charge in [0.05, 0.1) is 0 Å². The number of H-pyrrole nitrogens is 1. The Bertz CT molecular complexity index is 378. The normalized spacial score (nSPS) is 35.0. The van der Waals surface area contributed by atoms with Crippen molar-refractivity contribution in [3.8, 4) is 0 Å². The number of nitrogens with one attached hydrogen (secondary N) is 2. The van der Waals surface area contributed by atoms with Gasteiger partial charge in [0.2, 0.25) is 5.56 Å². The first kappa shape index (κ1) is 8.24. The molecule has 0 saturated carbocycles. The predicted octanol–water partition coefficient (Wildman–Crippen LogP) is 0.983. The molecule has 2 aliphatic rings. The lowest BCUT2D eigenvalue weighted by Crippen LogP contribution is -2.22. The zero-order valence-electron chi connectivity index (χ0n) is 7.99. The Morgan fingerprint density at radius 3 is 2.79 bits per heavy atom. The molecule has 0 aromatic carbocycles. The zero-order chi connectivity index (χ0) is 9.54. The summed E-state index contributed by atoms with van der Waals surface area (Å²) in [5.74, 6) is 0.616. The van der Waals surface area contributed by atoms with Crippen LogP contribution in [0.4, 0.5) is 0 Å². The quantitative estimate of drug-likeness (QED) is 0.693. The standard InChI is InChI=1S/C11H14N2O/c14-11-4-1-7(6-12-11)9-5-8-2-3-10(9)13-8/h1,4,6,8-10,13H,2-3,5H2,(H,12,14)/t8-,9+,10+/m0/s1. The van der Waals surface area contributed by atoms with Gasteiger partial charge in [0.15, 0.2) is 0 Å². The van der Waals surface area contributed by atoms with E-state index in [9.17, 15) is 4.79 Å². The Hall–Kier alpha value is -1.09. The number of pyridine rings is 1. The van der Waals surface area contributed by atoms with Gasteiger partial charge in [-0.25, -0.2) is 0 Å². The van der Waals surface area contributed by atoms with Crippen LogP contribution in [0.2, 0.25) is 0 Å². The van der Waals surface area contributed by atoms with Gasteiger partial charge in [-0.05, 0) is 24.8 Å². The van der Waals surface area contributed by atoms with Gasteiger partial charge in [-0.2, -0.15) is 0 Å². The maximum atomic E-state index is 10.9. The molecule has 74 valence electrons. The van der Waals surface area contributed by atoms with Gasteiger partial charge in [0, 0.05) is 30.3 Å². The summed E-state index contributed by atoms with van der Waals surface area (Å²) in [5.41, 5.74) is 1.27. The van der Waals surface area contributed by atoms with E-state index in [0.29, 0.717) is 12.0 Å². The van der Waals surface area contributed by atoms with Gasteiger partial charge in [-0.15, -0.1) is 0 Å². The number of hydrogen-bond acceptors (Lipinski definition) is 2. The van der Waals surface area contributed by atoms with E-state index < -0.39 is 0 Å². The van der Waals surface area contributed by atoms with Gasteiger partial charge >= 0.3 is 0 Å². The highest BCUT2D eigenvalue weighted by atomic mass is 16.1. The van der Waals surface area contributed by atoms with E-state index in [1.807, 2.05) is 12.3 Å². The number of hydrogen-bond donors (Lipinski definition) is 2. The van der Waals surface area contributed by atoms with Crippen LogP contribution in [-0.2, 0) is 0 Å². The minimum absolute atomic E-state index is 0.00938. The molecule has 2 bridgehead atoms. The maximum Gasteiger partial charge on any atom is 0.247 e. The van der Waals surface area contributed by atoms with Crippen molar-refractivity contribution in [3.63, 3.8) is 0 Å². The van der Waals surface area contributed by atoms with Crippen molar-refractivity contribution < 1.29 is 0 Å². The fourth-order valence-electron chi connectivity index (χ4n) is 2.85. The molecule has 0 spiro atoms. The number of fused-ring (bicyclic) bond motifs is 2. The molecule has 2 aliphatic heterocycles. The lowest BCUT2D eigenvalue weighted by atomic mass is 9.85. The van der Waals surface area contributed by atoms with E-state index in [2.05, 4.69) is 10.3 Å². The predicted molar refractivity (Wildman–Crippen MR) is 54.4 cm³/mol. The molecule has 0 amide bonds. The second-order valence-electron chi connectivity index (χ2n) is 4.38. The molecule has 2 saturated heterocycles. The van der Waals surface area contributed by atoms with E-state index in [1.54, 1.807) is 6.07 Å². The monoisotopic (exact) mass is 190 g/mol. The van der Waals surface area contributed by atoms with E-state index in [1.165, 1.54) is 24.8 Å². The third kappa shape index (κ3) is 1.20. The SMILES string of the molecule is O=c1ccc([C@H]2C[C@@H]3CC[C@H]2N3)c[nH]1. The smallest absolute Gasteiger partial charge is 0.247 e. The molecule has 1 aromatic heterocycles. The Kier molecular flexibility index (Phi) is 1.74. The highest BCUT2D eigenvalue weighted by Crippen LogP contribution is 2.39. The van der Waals surface area contributed by atoms with Crippen LogP contribution < -0.4 is 10.9 Å². The Morgan fingerprint density at radius 2 is 2.21 bits per heavy atom. The van der Waals surface area contributed by atoms with Crippen molar-refractivity contribution in [2.75, 3.05) is 0 Å². The largest absolute Gasteiger partial charge is 0.329 e. The Labute approximate surface area is 82.5 Å². The molecule has 2 fully saturated rings. The molecule has 3 nitrogen and oxygen atoms in total. The Balaban J connectivity index is 1.89. The maximum absolute atomic E-state index is 10.9. The number of rotatable bonds is 1. The van der Waals surface area contributed by atoms with E-state index >= 15 is 0 Å². The molecular formula is C11H14N2O. The molecule has 0 radical (unpaired) electrons. The first-order valence-corrected chi connectivity index (χ1v) is 5.27. The molecule has 1 aromatic rings. The molecule has 2 N–H and O–H groups in total. The third-order valence-corrected chi connectivity index (χ3v) is 3.54. The fraction of sp³-hybridized carbons (Fsp3) is 0.545. The summed E-state index contributed by atoms with van der Waals surface area (Å²) >= 11 is 0. The summed E-state index contributed by atoms with van der Waals surface area (Å²) in [5, 5.41) is 3.60. The van der Waals surface area contributed by atoms with E-state index in [-0.39, 0.29) is 5.56 Å². The van der Waals surface area contributed by atoms with Gasteiger partial charge in [0.1, 0.15) is 0 Å². The third-order valence-electron chi connectivity index (χ3n) is 3.54. The van der Waals surface area contributed by atoms with E-state index in [0.717, 1.165) is 6.04 Å². The first-order valence-electron chi connectivity index (χ1n) is 5.27. The summed E-state index contributed by atoms with van der Waals surface area (Å²) in [4.78, 5) is 13.7. The average molecular weight is 190 g/mol. The van der Waals surface area contributed by atoms with Crippen molar-refractivity contribution in [1.29, 1.82) is 0 Å². The molecule has 3 rings (SSSR count). The van der Waals surface area contributed by atoms with E-state index in [4.69, 9.17) is 0 Å². The summed E-state index contributed by atoms with van der Waals surface area (Å²) in [6.45, 7) is 0. The van der Waals surface area contributed by atoms with Crippen molar-refractivity contribution in [2.24, 2.45) is 0 Å². The molecular weight excluding hydrogens is 176 g/mol. The molecule has 3 heteroatoms. The highest BCUT2D eigenvalue weighted by Gasteiger charge is 2.39. The molecule has 0 unspecified atom stereocenters. The summed E-state index contributed by atoms with van der Waals surface area (Å²) in [6.07, 6.45) is 5.71. The van der Waals surface area contributed by atoms with Crippen molar-refractivity contribution >= 4 is 0 Å². The summed E-state index contributed by atoms with van der Waals surface area (Å²) in [7, 11) is 0. The minimum Gasteiger partial charge on any atom is -0.329 e. The summed E-state index contributed by atoms with van der Waals surface area (Å²) < 4.78 is 0. The average Bonchev–Trinajstić information content (AvgIpc) is 2.80. The molecule has 3 atom stereocenters. The second-order valence-corrected chi connectivity index (χ2v) is 4.38. The number of aromatic nitrogens is 1. The first-order chi connectivity index (χ1) is 6.83. The number of aromatic amines is 1. The van der Waals surface area contributed by atoms with Crippen LogP contribution in [0.1, 0.15) is 30.7 Å². The second kappa shape index (κ2) is 2.95. The van der Waals surface area contributed by atoms with Crippen LogP contribution in [0, 0.1) is 0 Å². The van der Waals surface area contributed by atoms with Crippen LogP contribution in [-0.4, -0.2) is 17.1 Å². The van der Waals surface area contributed by atoms with Crippen LogP contribution in [0.15, 0.2) is 23.1 Å². The lowest BCUT2D eigenvalue weighted by molar-refractivity contribution is 0.505. The fourth-order valence-corrected chi connectivity index (χ4v) is 2.85. The van der Waals surface area contributed by atoms with Crippen molar-refractivity contribution in [1.82, 2.24) is 10.3 Å². The zero-order valence-corrected chi connectivity index (χ0v) is 7.99. The van der Waals surface area contributed by atoms with Gasteiger partial charge in [0.25, 0.3) is 0 Å². The van der Waals surface area contributed by atoms with Crippen LogP contribution in [0.3, 0.4) is 0 Å². The van der Waals surface area contributed by atoms with Crippen LogP contribution in [0.5, 0.6) is 0 Å². The van der Waals surface area contributed by atoms with Crippen molar-refractivity contribution in [3.05, 3.63) is 34.2 Å². The minimum atomic E-state index is -0.00938. The Morgan fingerprint density at radius 1 is 1.29 bits per heavy atom. The summed E-state index contributed by atoms with van der Waals surface area (Å²) in [6, 6.07) is 4.95. The highest BCUT2D eigenvalue weighted by molar-refractivity contribution is 5.21. The van der Waals surface area contributed by atoms with Crippen LogP contribution >= 0.6 is 0 Å². The topological polar surface area (TPSA) is 44.9 Å². The van der Waals surface area contributed by atoms with Gasteiger partial charge in [-0.1, -0.05) is 6.07 Å². The molecule has 0 aliphatic carbocycles. The lowest BCUT2D eigenvalue weighted by Gasteiger charge is -2.19. The molecule has 3 heterocycles. The van der Waals surface area contributed by atoms with Crippen LogP contribution in [0.25, 0.3) is 0 Å².